The van der Waals surface area contributed by atoms with Gasteiger partial charge in [0.25, 0.3) is 0 Å². The molecule has 1 amide bonds. The van der Waals surface area contributed by atoms with E-state index in [2.05, 4.69) is 53.8 Å². The molecule has 3 heteroatoms. The van der Waals surface area contributed by atoms with E-state index in [9.17, 15) is 4.79 Å². The Morgan fingerprint density at radius 3 is 1.92 bits per heavy atom. The summed E-state index contributed by atoms with van der Waals surface area (Å²) in [6.07, 6.45) is 1.52. The highest BCUT2D eigenvalue weighted by Crippen LogP contribution is 2.28. The Morgan fingerprint density at radius 2 is 1.46 bits per heavy atom. The predicted octanol–water partition coefficient (Wildman–Crippen LogP) is 5.12. The van der Waals surface area contributed by atoms with E-state index >= 15 is 0 Å². The van der Waals surface area contributed by atoms with Gasteiger partial charge < -0.3 is 10.1 Å². The highest BCUT2D eigenvalue weighted by atomic mass is 16.6. The van der Waals surface area contributed by atoms with E-state index in [1.807, 2.05) is 32.9 Å². The van der Waals surface area contributed by atoms with Crippen molar-refractivity contribution in [3.63, 3.8) is 0 Å². The Hall–Kier alpha value is -2.29. The Labute approximate surface area is 145 Å². The van der Waals surface area contributed by atoms with Crippen LogP contribution in [0.4, 0.5) is 4.79 Å². The SMILES string of the molecule is CC(C)(C)OC(=O)NCCCC(c1ccccc1)c1ccccc1. The summed E-state index contributed by atoms with van der Waals surface area (Å²) < 4.78 is 5.26. The number of benzene rings is 2. The molecule has 0 saturated heterocycles. The molecule has 0 aliphatic rings. The van der Waals surface area contributed by atoms with Gasteiger partial charge in [0.05, 0.1) is 0 Å². The van der Waals surface area contributed by atoms with Crippen LogP contribution in [0.15, 0.2) is 60.7 Å². The summed E-state index contributed by atoms with van der Waals surface area (Å²) in [5, 5.41) is 2.84. The highest BCUT2D eigenvalue weighted by molar-refractivity contribution is 5.67. The van der Waals surface area contributed by atoms with Gasteiger partial charge in [-0.3, -0.25) is 0 Å². The second-order valence-electron chi connectivity index (χ2n) is 6.94. The molecule has 0 fully saturated rings. The van der Waals surface area contributed by atoms with Crippen molar-refractivity contribution < 1.29 is 9.53 Å². The number of nitrogens with one attached hydrogen (secondary N) is 1. The minimum absolute atomic E-state index is 0.341. The van der Waals surface area contributed by atoms with Crippen LogP contribution in [0.1, 0.15) is 50.7 Å². The maximum Gasteiger partial charge on any atom is 0.407 e. The molecule has 0 unspecified atom stereocenters. The average molecular weight is 325 g/mol. The van der Waals surface area contributed by atoms with Crippen molar-refractivity contribution in [2.45, 2.75) is 45.1 Å². The van der Waals surface area contributed by atoms with Crippen molar-refractivity contribution in [3.8, 4) is 0 Å². The smallest absolute Gasteiger partial charge is 0.407 e. The van der Waals surface area contributed by atoms with Crippen molar-refractivity contribution in [1.82, 2.24) is 5.32 Å². The van der Waals surface area contributed by atoms with E-state index in [4.69, 9.17) is 4.74 Å². The third kappa shape index (κ3) is 6.07. The quantitative estimate of drug-likeness (QED) is 0.748. The maximum absolute atomic E-state index is 11.7. The fourth-order valence-electron chi connectivity index (χ4n) is 2.71. The summed E-state index contributed by atoms with van der Waals surface area (Å²) in [6.45, 7) is 6.22. The van der Waals surface area contributed by atoms with Crippen LogP contribution in [0.25, 0.3) is 0 Å². The summed E-state index contributed by atoms with van der Waals surface area (Å²) in [5.74, 6) is 0.341. The van der Waals surface area contributed by atoms with Crippen LogP contribution >= 0.6 is 0 Å². The molecule has 0 bridgehead atoms. The van der Waals surface area contributed by atoms with E-state index in [1.54, 1.807) is 0 Å². The summed E-state index contributed by atoms with van der Waals surface area (Å²) in [6, 6.07) is 21.0. The second-order valence-corrected chi connectivity index (χ2v) is 6.94. The van der Waals surface area contributed by atoms with E-state index < -0.39 is 5.60 Å². The molecule has 2 rings (SSSR count). The first-order chi connectivity index (χ1) is 11.5. The van der Waals surface area contributed by atoms with Gasteiger partial charge in [0.2, 0.25) is 0 Å². The molecule has 0 radical (unpaired) electrons. The van der Waals surface area contributed by atoms with Crippen molar-refractivity contribution in [2.24, 2.45) is 0 Å². The Bertz CT molecular complexity index is 578. The van der Waals surface area contributed by atoms with Crippen LogP contribution in [0.2, 0.25) is 0 Å². The fourth-order valence-corrected chi connectivity index (χ4v) is 2.71. The van der Waals surface area contributed by atoms with E-state index in [0.717, 1.165) is 12.8 Å². The standard InChI is InChI=1S/C21H27NO2/c1-21(2,3)24-20(23)22-16-10-15-19(17-11-6-4-7-12-17)18-13-8-5-9-14-18/h4-9,11-14,19H,10,15-16H2,1-3H3,(H,22,23). The molecule has 2 aromatic carbocycles. The molecule has 0 aromatic heterocycles. The minimum atomic E-state index is -0.458. The monoisotopic (exact) mass is 325 g/mol. The molecule has 3 nitrogen and oxygen atoms in total. The van der Waals surface area contributed by atoms with Crippen molar-refractivity contribution in [2.75, 3.05) is 6.54 Å². The molecule has 2 aromatic rings. The lowest BCUT2D eigenvalue weighted by atomic mass is 9.87. The lowest BCUT2D eigenvalue weighted by molar-refractivity contribution is 0.0527. The zero-order valence-corrected chi connectivity index (χ0v) is 14.8. The zero-order chi connectivity index (χ0) is 17.4. The van der Waals surface area contributed by atoms with Gasteiger partial charge in [0.1, 0.15) is 5.60 Å². The molecular formula is C21H27NO2. The van der Waals surface area contributed by atoms with Crippen LogP contribution in [0, 0.1) is 0 Å². The number of rotatable bonds is 6. The molecule has 0 aliphatic carbocycles. The van der Waals surface area contributed by atoms with Crippen LogP contribution in [-0.4, -0.2) is 18.2 Å². The number of carbonyl (C=O) groups excluding carboxylic acids is 1. The lowest BCUT2D eigenvalue weighted by Gasteiger charge is -2.20. The number of hydrogen-bond acceptors (Lipinski definition) is 2. The maximum atomic E-state index is 11.7. The van der Waals surface area contributed by atoms with Crippen molar-refractivity contribution in [3.05, 3.63) is 71.8 Å². The van der Waals surface area contributed by atoms with Gasteiger partial charge in [-0.1, -0.05) is 60.7 Å². The molecule has 0 heterocycles. The van der Waals surface area contributed by atoms with Gasteiger partial charge in [-0.25, -0.2) is 4.79 Å². The number of alkyl carbamates (subject to hydrolysis) is 1. The van der Waals surface area contributed by atoms with Crippen LogP contribution in [0.5, 0.6) is 0 Å². The van der Waals surface area contributed by atoms with Gasteiger partial charge in [-0.2, -0.15) is 0 Å². The molecule has 0 atom stereocenters. The first-order valence-corrected chi connectivity index (χ1v) is 8.52. The number of carbonyl (C=O) groups is 1. The molecule has 0 aliphatic heterocycles. The molecule has 0 spiro atoms. The third-order valence-electron chi connectivity index (χ3n) is 3.74. The third-order valence-corrected chi connectivity index (χ3v) is 3.74. The summed E-state index contributed by atoms with van der Waals surface area (Å²) in [5.41, 5.74) is 2.16. The molecule has 1 N–H and O–H groups in total. The second kappa shape index (κ2) is 8.53. The van der Waals surface area contributed by atoms with Crippen LogP contribution in [-0.2, 0) is 4.74 Å². The van der Waals surface area contributed by atoms with E-state index in [-0.39, 0.29) is 6.09 Å². The zero-order valence-electron chi connectivity index (χ0n) is 14.8. The van der Waals surface area contributed by atoms with Gasteiger partial charge in [0.15, 0.2) is 0 Å². The molecule has 128 valence electrons. The van der Waals surface area contributed by atoms with E-state index in [0.29, 0.717) is 12.5 Å². The summed E-state index contributed by atoms with van der Waals surface area (Å²) >= 11 is 0. The minimum Gasteiger partial charge on any atom is -0.444 e. The van der Waals surface area contributed by atoms with Gasteiger partial charge >= 0.3 is 6.09 Å². The first-order valence-electron chi connectivity index (χ1n) is 8.52. The van der Waals surface area contributed by atoms with Crippen molar-refractivity contribution in [1.29, 1.82) is 0 Å². The Kier molecular flexibility index (Phi) is 6.42. The van der Waals surface area contributed by atoms with Crippen LogP contribution < -0.4 is 5.32 Å². The number of ether oxygens (including phenoxy) is 1. The van der Waals surface area contributed by atoms with Gasteiger partial charge in [-0.15, -0.1) is 0 Å². The first kappa shape index (κ1) is 18.1. The molecule has 0 saturated carbocycles. The predicted molar refractivity (Wildman–Crippen MR) is 98.2 cm³/mol. The topological polar surface area (TPSA) is 38.3 Å². The Morgan fingerprint density at radius 1 is 0.958 bits per heavy atom. The summed E-state index contributed by atoms with van der Waals surface area (Å²) in [7, 11) is 0. The summed E-state index contributed by atoms with van der Waals surface area (Å²) in [4.78, 5) is 11.7. The average Bonchev–Trinajstić information content (AvgIpc) is 2.55. The largest absolute Gasteiger partial charge is 0.444 e. The number of hydrogen-bond donors (Lipinski definition) is 1. The number of amides is 1. The molecule has 24 heavy (non-hydrogen) atoms. The lowest BCUT2D eigenvalue weighted by Crippen LogP contribution is -2.33. The fraction of sp³-hybridized carbons (Fsp3) is 0.381. The Balaban J connectivity index is 1.92. The van der Waals surface area contributed by atoms with Crippen molar-refractivity contribution >= 4 is 6.09 Å². The van der Waals surface area contributed by atoms with Crippen LogP contribution in [0.3, 0.4) is 0 Å². The van der Waals surface area contributed by atoms with Gasteiger partial charge in [-0.05, 0) is 44.7 Å². The van der Waals surface area contributed by atoms with Gasteiger partial charge in [0, 0.05) is 12.5 Å². The van der Waals surface area contributed by atoms with E-state index in [1.165, 1.54) is 11.1 Å². The highest BCUT2D eigenvalue weighted by Gasteiger charge is 2.16. The normalized spacial score (nSPS) is 11.3. The molecular weight excluding hydrogens is 298 g/mol.